The number of benzene rings is 2. The maximum Gasteiger partial charge on any atom is 0.586 e. The Hall–Kier alpha value is -4.86. The van der Waals surface area contributed by atoms with Crippen LogP contribution in [0, 0.1) is 17.1 Å². The number of nitrogens with one attached hydrogen (secondary N) is 1. The molecule has 0 unspecified atom stereocenters. The molecule has 4 aromatic rings. The van der Waals surface area contributed by atoms with Gasteiger partial charge in [-0.25, -0.2) is 14.1 Å². The Kier molecular flexibility index (Phi) is 4.94. The second-order valence-corrected chi connectivity index (χ2v) is 7.48. The van der Waals surface area contributed by atoms with Gasteiger partial charge in [0.2, 0.25) is 11.7 Å². The first-order valence-corrected chi connectivity index (χ1v) is 9.98. The number of aromatic amines is 1. The zero-order valence-electron chi connectivity index (χ0n) is 17.8. The van der Waals surface area contributed by atoms with Crippen LogP contribution in [0.25, 0.3) is 22.3 Å². The van der Waals surface area contributed by atoms with Crippen LogP contribution in [0.2, 0.25) is 0 Å². The number of H-pyrrole nitrogens is 1. The standard InChI is InChI=1S/C22H13F3N6O4/c1-30(13-5-6-14-20(16(13)23)35-22(24,25)34-14)15(32)9-31-21(33)19-18(27-10-28-19)17(29-31)12-4-2-3-11(7-12)8-26/h2-7,10H,9H2,1H3,(H,27,28). The number of carbonyl (C=O) groups excluding carboxylic acids is 1. The third-order valence-electron chi connectivity index (χ3n) is 5.31. The van der Waals surface area contributed by atoms with Crippen LogP contribution in [0.1, 0.15) is 5.56 Å². The van der Waals surface area contributed by atoms with E-state index in [2.05, 4.69) is 24.5 Å². The van der Waals surface area contributed by atoms with Gasteiger partial charge >= 0.3 is 6.29 Å². The Balaban J connectivity index is 1.51. The quantitative estimate of drug-likeness (QED) is 0.474. The number of fused-ring (bicyclic) bond motifs is 2. The van der Waals surface area contributed by atoms with E-state index in [4.69, 9.17) is 0 Å². The van der Waals surface area contributed by atoms with Crippen molar-refractivity contribution < 1.29 is 27.4 Å². The van der Waals surface area contributed by atoms with Crippen LogP contribution in [0.5, 0.6) is 11.5 Å². The summed E-state index contributed by atoms with van der Waals surface area (Å²) in [5.74, 6) is -3.35. The molecule has 0 saturated heterocycles. The number of hydrogen-bond acceptors (Lipinski definition) is 7. The van der Waals surface area contributed by atoms with E-state index in [1.54, 1.807) is 24.3 Å². The van der Waals surface area contributed by atoms with Gasteiger partial charge in [-0.05, 0) is 24.3 Å². The second kappa shape index (κ2) is 7.87. The van der Waals surface area contributed by atoms with E-state index in [1.165, 1.54) is 13.4 Å². The van der Waals surface area contributed by atoms with Crippen molar-refractivity contribution in [1.82, 2.24) is 19.7 Å². The Morgan fingerprint density at radius 1 is 1.29 bits per heavy atom. The van der Waals surface area contributed by atoms with E-state index in [0.29, 0.717) is 11.1 Å². The minimum atomic E-state index is -4.03. The molecule has 0 aliphatic carbocycles. The highest BCUT2D eigenvalue weighted by molar-refractivity contribution is 5.94. The summed E-state index contributed by atoms with van der Waals surface area (Å²) in [4.78, 5) is 33.5. The monoisotopic (exact) mass is 482 g/mol. The van der Waals surface area contributed by atoms with E-state index in [1.807, 2.05) is 6.07 Å². The lowest BCUT2D eigenvalue weighted by Gasteiger charge is -2.19. The van der Waals surface area contributed by atoms with Gasteiger partial charge in [-0.3, -0.25) is 9.59 Å². The summed E-state index contributed by atoms with van der Waals surface area (Å²) in [7, 11) is 1.21. The molecule has 2 aromatic carbocycles. The third kappa shape index (κ3) is 3.70. The Labute approximate surface area is 193 Å². The smallest absolute Gasteiger partial charge is 0.395 e. The Morgan fingerprint density at radius 3 is 2.86 bits per heavy atom. The van der Waals surface area contributed by atoms with Gasteiger partial charge in [0.05, 0.1) is 23.6 Å². The molecular weight excluding hydrogens is 469 g/mol. The maximum atomic E-state index is 14.8. The molecule has 0 fully saturated rings. The predicted molar refractivity (Wildman–Crippen MR) is 114 cm³/mol. The van der Waals surface area contributed by atoms with Crippen LogP contribution in [-0.4, -0.2) is 39.0 Å². The minimum absolute atomic E-state index is 0.0734. The van der Waals surface area contributed by atoms with Crippen LogP contribution in [0.4, 0.5) is 18.9 Å². The fourth-order valence-corrected chi connectivity index (χ4v) is 3.62. The summed E-state index contributed by atoms with van der Waals surface area (Å²) in [6.07, 6.45) is -2.73. The normalized spacial score (nSPS) is 13.6. The molecule has 5 rings (SSSR count). The number of alkyl halides is 2. The van der Waals surface area contributed by atoms with Gasteiger partial charge in [0, 0.05) is 12.6 Å². The van der Waals surface area contributed by atoms with Crippen molar-refractivity contribution in [2.75, 3.05) is 11.9 Å². The average molecular weight is 482 g/mol. The molecule has 10 nitrogen and oxygen atoms in total. The molecule has 2 aromatic heterocycles. The van der Waals surface area contributed by atoms with E-state index >= 15 is 0 Å². The van der Waals surface area contributed by atoms with Crippen LogP contribution < -0.4 is 19.9 Å². The zero-order chi connectivity index (χ0) is 24.9. The summed E-state index contributed by atoms with van der Waals surface area (Å²) >= 11 is 0. The molecule has 0 radical (unpaired) electrons. The molecule has 13 heteroatoms. The SMILES string of the molecule is CN(C(=O)Cn1nc(-c2cccc(C#N)c2)c2nc[nH]c2c1=O)c1ccc2c(c1F)OC(F)(F)O2. The molecule has 0 saturated carbocycles. The number of ether oxygens (including phenoxy) is 2. The number of rotatable bonds is 4. The summed E-state index contributed by atoms with van der Waals surface area (Å²) < 4.78 is 50.7. The molecule has 3 heterocycles. The highest BCUT2D eigenvalue weighted by Crippen LogP contribution is 2.45. The summed E-state index contributed by atoms with van der Waals surface area (Å²) in [6.45, 7) is -0.612. The molecule has 35 heavy (non-hydrogen) atoms. The van der Waals surface area contributed by atoms with Crippen LogP contribution in [0.15, 0.2) is 47.5 Å². The van der Waals surface area contributed by atoms with Gasteiger partial charge in [0.25, 0.3) is 5.56 Å². The molecule has 0 atom stereocenters. The molecule has 176 valence electrons. The number of nitrogens with zero attached hydrogens (tertiary/aromatic N) is 5. The predicted octanol–water partition coefficient (Wildman–Crippen LogP) is 2.78. The van der Waals surface area contributed by atoms with E-state index in [9.17, 15) is 28.0 Å². The molecule has 0 bridgehead atoms. The first-order valence-electron chi connectivity index (χ1n) is 9.98. The topological polar surface area (TPSA) is 126 Å². The first-order chi connectivity index (χ1) is 16.7. The number of nitriles is 1. The molecular formula is C22H13F3N6O4. The fourth-order valence-electron chi connectivity index (χ4n) is 3.62. The molecule has 0 spiro atoms. The summed E-state index contributed by atoms with van der Waals surface area (Å²) in [5, 5.41) is 13.5. The molecule has 1 N–H and O–H groups in total. The van der Waals surface area contributed by atoms with Crippen molar-refractivity contribution in [3.63, 3.8) is 0 Å². The number of likely N-dealkylation sites (N-methyl/N-ethyl adjacent to an activating group) is 1. The van der Waals surface area contributed by atoms with Crippen molar-refractivity contribution in [1.29, 1.82) is 5.26 Å². The number of amides is 1. The zero-order valence-corrected chi connectivity index (χ0v) is 17.8. The van der Waals surface area contributed by atoms with Crippen molar-refractivity contribution in [3.05, 3.63) is 64.5 Å². The average Bonchev–Trinajstić information content (AvgIpc) is 3.45. The summed E-state index contributed by atoms with van der Waals surface area (Å²) in [5.41, 5.74) is 0.362. The fraction of sp³-hybridized carbons (Fsp3) is 0.136. The van der Waals surface area contributed by atoms with Crippen LogP contribution in [0.3, 0.4) is 0 Å². The second-order valence-electron chi connectivity index (χ2n) is 7.48. The summed E-state index contributed by atoms with van der Waals surface area (Å²) in [6, 6.07) is 10.6. The lowest BCUT2D eigenvalue weighted by molar-refractivity contribution is -0.287. The highest BCUT2D eigenvalue weighted by atomic mass is 19.3. The lowest BCUT2D eigenvalue weighted by Crippen LogP contribution is -2.35. The van der Waals surface area contributed by atoms with Gasteiger partial charge in [-0.15, -0.1) is 8.78 Å². The van der Waals surface area contributed by atoms with Crippen LogP contribution in [-0.2, 0) is 11.3 Å². The van der Waals surface area contributed by atoms with E-state index in [-0.39, 0.29) is 22.4 Å². The van der Waals surface area contributed by atoms with Gasteiger partial charge in [-0.1, -0.05) is 12.1 Å². The Morgan fingerprint density at radius 2 is 2.09 bits per heavy atom. The van der Waals surface area contributed by atoms with Gasteiger partial charge < -0.3 is 19.4 Å². The van der Waals surface area contributed by atoms with E-state index in [0.717, 1.165) is 21.7 Å². The van der Waals surface area contributed by atoms with Crippen molar-refractivity contribution in [2.45, 2.75) is 12.8 Å². The molecule has 1 aliphatic rings. The third-order valence-corrected chi connectivity index (χ3v) is 5.31. The number of carbonyl (C=O) groups is 1. The highest BCUT2D eigenvalue weighted by Gasteiger charge is 2.45. The van der Waals surface area contributed by atoms with Gasteiger partial charge in [0.1, 0.15) is 23.3 Å². The minimum Gasteiger partial charge on any atom is -0.395 e. The van der Waals surface area contributed by atoms with Crippen molar-refractivity contribution >= 4 is 22.6 Å². The van der Waals surface area contributed by atoms with Crippen molar-refractivity contribution in [2.24, 2.45) is 0 Å². The van der Waals surface area contributed by atoms with E-state index < -0.39 is 41.6 Å². The molecule has 1 aliphatic heterocycles. The number of hydrogen-bond donors (Lipinski definition) is 1. The number of aromatic nitrogens is 4. The maximum absolute atomic E-state index is 14.8. The van der Waals surface area contributed by atoms with Gasteiger partial charge in [-0.2, -0.15) is 10.4 Å². The van der Waals surface area contributed by atoms with Crippen LogP contribution >= 0.6 is 0 Å². The first kappa shape index (κ1) is 22.0. The van der Waals surface area contributed by atoms with Gasteiger partial charge in [0.15, 0.2) is 11.6 Å². The Bertz CT molecular complexity index is 1610. The number of imidazole rings is 1. The number of halogens is 3. The van der Waals surface area contributed by atoms with Crippen molar-refractivity contribution in [3.8, 4) is 28.8 Å². The lowest BCUT2D eigenvalue weighted by atomic mass is 10.1. The largest absolute Gasteiger partial charge is 0.586 e. The number of anilines is 1. The molecule has 1 amide bonds.